The van der Waals surface area contributed by atoms with Crippen LogP contribution < -0.4 is 0 Å². The molecule has 1 saturated carbocycles. The minimum atomic E-state index is -0.380. The number of hydrogen-bond acceptors (Lipinski definition) is 5. The number of ether oxygens (including phenoxy) is 1. The molecule has 1 aromatic rings. The summed E-state index contributed by atoms with van der Waals surface area (Å²) in [5.74, 6) is -0.808. The quantitative estimate of drug-likeness (QED) is 0.756. The van der Waals surface area contributed by atoms with E-state index in [1.54, 1.807) is 11.3 Å². The molecule has 0 saturated heterocycles. The van der Waals surface area contributed by atoms with Crippen LogP contribution in [0.5, 0.6) is 0 Å². The van der Waals surface area contributed by atoms with Gasteiger partial charge in [-0.1, -0.05) is 20.8 Å². The van der Waals surface area contributed by atoms with Gasteiger partial charge in [-0.15, -0.1) is 11.3 Å². The van der Waals surface area contributed by atoms with Gasteiger partial charge < -0.3 is 4.74 Å². The Balaban J connectivity index is 2.16. The van der Waals surface area contributed by atoms with Gasteiger partial charge >= 0.3 is 5.97 Å². The molecule has 2 aliphatic rings. The molecule has 5 heteroatoms. The molecule has 1 fully saturated rings. The van der Waals surface area contributed by atoms with Crippen LogP contribution in [-0.4, -0.2) is 24.6 Å². The number of esters is 1. The largest absolute Gasteiger partial charge is 0.466 e. The van der Waals surface area contributed by atoms with Gasteiger partial charge in [0.05, 0.1) is 18.6 Å². The summed E-state index contributed by atoms with van der Waals surface area (Å²) < 4.78 is 5.03. The molecular weight excluding hydrogens is 334 g/mol. The molecule has 0 bridgehead atoms. The van der Waals surface area contributed by atoms with Crippen molar-refractivity contribution >= 4 is 28.8 Å². The Bertz CT molecular complexity index is 785. The Hall–Kier alpha value is -1.75. The lowest BCUT2D eigenvalue weighted by Crippen LogP contribution is -2.43. The zero-order chi connectivity index (χ0) is 18.4. The smallest absolute Gasteiger partial charge is 0.336 e. The molecule has 0 radical (unpaired) electrons. The zero-order valence-electron chi connectivity index (χ0n) is 15.5. The molecule has 4 nitrogen and oxygen atoms in total. The first-order chi connectivity index (χ1) is 11.8. The summed E-state index contributed by atoms with van der Waals surface area (Å²) in [5, 5.41) is 0. The van der Waals surface area contributed by atoms with Crippen molar-refractivity contribution in [3.05, 3.63) is 33.2 Å². The molecule has 1 aliphatic carbocycles. The summed E-state index contributed by atoms with van der Waals surface area (Å²) in [7, 11) is 1.39. The highest BCUT2D eigenvalue weighted by molar-refractivity contribution is 7.12. The molecule has 1 aliphatic heterocycles. The van der Waals surface area contributed by atoms with E-state index < -0.39 is 0 Å². The van der Waals surface area contributed by atoms with Crippen LogP contribution in [0.15, 0.2) is 28.4 Å². The van der Waals surface area contributed by atoms with Crippen molar-refractivity contribution in [3.8, 4) is 0 Å². The van der Waals surface area contributed by atoms with Crippen LogP contribution in [0.25, 0.3) is 0 Å². The highest BCUT2D eigenvalue weighted by Crippen LogP contribution is 2.48. The third-order valence-corrected chi connectivity index (χ3v) is 6.42. The standard InChI is InChI=1S/C20H25NO3S/c1-6-12-7-8-15(25-12)18-16(19(23)24-5)11(2)21-13-9-20(3,4)10-14(22)17(13)18/h7-8,17-18H,6,9-10H2,1-5H3/t17?,18-/m0/s1. The fourth-order valence-corrected chi connectivity index (χ4v) is 5.13. The van der Waals surface area contributed by atoms with E-state index in [1.165, 1.54) is 12.0 Å². The second-order valence-electron chi connectivity index (χ2n) is 7.69. The molecule has 1 aromatic heterocycles. The van der Waals surface area contributed by atoms with Crippen LogP contribution >= 0.6 is 11.3 Å². The summed E-state index contributed by atoms with van der Waals surface area (Å²) in [6.45, 7) is 8.17. The molecule has 134 valence electrons. The van der Waals surface area contributed by atoms with E-state index in [2.05, 4.69) is 37.9 Å². The van der Waals surface area contributed by atoms with E-state index in [9.17, 15) is 9.59 Å². The van der Waals surface area contributed by atoms with Crippen molar-refractivity contribution in [2.75, 3.05) is 7.11 Å². The molecule has 3 rings (SSSR count). The number of nitrogens with zero attached hydrogens (tertiary/aromatic N) is 1. The molecule has 2 heterocycles. The maximum Gasteiger partial charge on any atom is 0.336 e. The summed E-state index contributed by atoms with van der Waals surface area (Å²) >= 11 is 1.68. The van der Waals surface area contributed by atoms with Crippen LogP contribution in [0.3, 0.4) is 0 Å². The topological polar surface area (TPSA) is 55.7 Å². The predicted molar refractivity (Wildman–Crippen MR) is 100 cm³/mol. The molecular formula is C20H25NO3S. The number of ketones is 1. The highest BCUT2D eigenvalue weighted by atomic mass is 32.1. The number of carbonyl (C=O) groups is 2. The second-order valence-corrected chi connectivity index (χ2v) is 8.89. The lowest BCUT2D eigenvalue weighted by molar-refractivity contribution is -0.136. The maximum atomic E-state index is 13.0. The van der Waals surface area contributed by atoms with Crippen molar-refractivity contribution in [1.29, 1.82) is 0 Å². The van der Waals surface area contributed by atoms with Crippen molar-refractivity contribution < 1.29 is 14.3 Å². The number of carbonyl (C=O) groups excluding carboxylic acids is 2. The Kier molecular flexibility index (Phi) is 4.71. The number of allylic oxidation sites excluding steroid dienone is 1. The molecule has 1 unspecified atom stereocenters. The molecule has 0 amide bonds. The van der Waals surface area contributed by atoms with E-state index in [0.29, 0.717) is 17.7 Å². The third-order valence-electron chi connectivity index (χ3n) is 5.11. The van der Waals surface area contributed by atoms with Gasteiger partial charge in [0.2, 0.25) is 0 Å². The van der Waals surface area contributed by atoms with Gasteiger partial charge in [0, 0.05) is 33.5 Å². The SMILES string of the molecule is CCc1ccc([C@H]2C(C(=O)OC)=C(C)N=C3CC(C)(C)CC(=O)C32)s1. The number of aryl methyl sites for hydroxylation is 1. The van der Waals surface area contributed by atoms with Crippen LogP contribution in [-0.2, 0) is 20.7 Å². The number of methoxy groups -OCH3 is 1. The Labute approximate surface area is 153 Å². The molecule has 0 N–H and O–H groups in total. The summed E-state index contributed by atoms with van der Waals surface area (Å²) in [5.41, 5.74) is 2.06. The summed E-state index contributed by atoms with van der Waals surface area (Å²) in [4.78, 5) is 32.5. The Morgan fingerprint density at radius 2 is 2.04 bits per heavy atom. The fraction of sp³-hybridized carbons (Fsp3) is 0.550. The summed E-state index contributed by atoms with van der Waals surface area (Å²) in [6.07, 6.45) is 2.25. The van der Waals surface area contributed by atoms with E-state index in [1.807, 2.05) is 6.92 Å². The highest BCUT2D eigenvalue weighted by Gasteiger charge is 2.48. The van der Waals surface area contributed by atoms with Crippen LogP contribution in [0, 0.1) is 11.3 Å². The van der Waals surface area contributed by atoms with Crippen molar-refractivity contribution in [2.24, 2.45) is 16.3 Å². The maximum absolute atomic E-state index is 13.0. The van der Waals surface area contributed by atoms with Gasteiger partial charge in [0.25, 0.3) is 0 Å². The van der Waals surface area contributed by atoms with Gasteiger partial charge in [-0.05, 0) is 37.3 Å². The van der Waals surface area contributed by atoms with E-state index in [0.717, 1.165) is 23.4 Å². The van der Waals surface area contributed by atoms with E-state index in [-0.39, 0.29) is 29.0 Å². The molecule has 0 spiro atoms. The molecule has 2 atom stereocenters. The predicted octanol–water partition coefficient (Wildman–Crippen LogP) is 4.30. The van der Waals surface area contributed by atoms with Crippen molar-refractivity contribution in [3.63, 3.8) is 0 Å². The van der Waals surface area contributed by atoms with Gasteiger partial charge in [0.15, 0.2) is 0 Å². The molecule has 0 aromatic carbocycles. The Morgan fingerprint density at radius 3 is 2.64 bits per heavy atom. The van der Waals surface area contributed by atoms with Gasteiger partial charge in [-0.2, -0.15) is 0 Å². The van der Waals surface area contributed by atoms with Crippen molar-refractivity contribution in [1.82, 2.24) is 0 Å². The lowest BCUT2D eigenvalue weighted by Gasteiger charge is -2.40. The van der Waals surface area contributed by atoms with Gasteiger partial charge in [-0.25, -0.2) is 4.79 Å². The van der Waals surface area contributed by atoms with Gasteiger partial charge in [0.1, 0.15) is 5.78 Å². The minimum absolute atomic E-state index is 0.0793. The number of rotatable bonds is 3. The normalized spacial score (nSPS) is 25.5. The Morgan fingerprint density at radius 1 is 1.32 bits per heavy atom. The first-order valence-electron chi connectivity index (χ1n) is 8.75. The van der Waals surface area contributed by atoms with Crippen molar-refractivity contribution in [2.45, 2.75) is 52.9 Å². The minimum Gasteiger partial charge on any atom is -0.466 e. The number of hydrogen-bond donors (Lipinski definition) is 0. The number of thiophene rings is 1. The first-order valence-corrected chi connectivity index (χ1v) is 9.57. The monoisotopic (exact) mass is 359 g/mol. The number of Topliss-reactive ketones (excluding diaryl/α,β-unsaturated/α-hetero) is 1. The average Bonchev–Trinajstić information content (AvgIpc) is 3.00. The number of aliphatic imine (C=N–C) groups is 1. The van der Waals surface area contributed by atoms with Crippen LogP contribution in [0.4, 0.5) is 0 Å². The summed E-state index contributed by atoms with van der Waals surface area (Å²) in [6, 6.07) is 4.15. The third kappa shape index (κ3) is 3.22. The second kappa shape index (κ2) is 6.52. The van der Waals surface area contributed by atoms with Crippen LogP contribution in [0.1, 0.15) is 56.2 Å². The lowest BCUT2D eigenvalue weighted by atomic mass is 9.64. The molecule has 25 heavy (non-hydrogen) atoms. The van der Waals surface area contributed by atoms with E-state index in [4.69, 9.17) is 4.74 Å². The zero-order valence-corrected chi connectivity index (χ0v) is 16.3. The van der Waals surface area contributed by atoms with Gasteiger partial charge in [-0.3, -0.25) is 9.79 Å². The first kappa shape index (κ1) is 18.1. The number of fused-ring (bicyclic) bond motifs is 1. The average molecular weight is 359 g/mol. The van der Waals surface area contributed by atoms with E-state index >= 15 is 0 Å². The fourth-order valence-electron chi connectivity index (χ4n) is 4.03. The van der Waals surface area contributed by atoms with Crippen LogP contribution in [0.2, 0.25) is 0 Å².